The molecule has 0 radical (unpaired) electrons. The van der Waals surface area contributed by atoms with E-state index in [-0.39, 0.29) is 11.8 Å². The van der Waals surface area contributed by atoms with Crippen LogP contribution < -0.4 is 11.1 Å². The first-order valence-corrected chi connectivity index (χ1v) is 6.30. The van der Waals surface area contributed by atoms with Gasteiger partial charge in [-0.05, 0) is 37.1 Å². The Kier molecular flexibility index (Phi) is 3.85. The molecule has 3 N–H and O–H groups in total. The molecule has 1 amide bonds. The fourth-order valence-electron chi connectivity index (χ4n) is 1.92. The van der Waals surface area contributed by atoms with Crippen LogP contribution >= 0.6 is 0 Å². The molecule has 0 aliphatic rings. The number of amides is 1. The van der Waals surface area contributed by atoms with E-state index in [2.05, 4.69) is 5.32 Å². The van der Waals surface area contributed by atoms with Crippen LogP contribution in [0.5, 0.6) is 0 Å². The van der Waals surface area contributed by atoms with Crippen LogP contribution in [0, 0.1) is 6.92 Å². The van der Waals surface area contributed by atoms with Gasteiger partial charge in [-0.2, -0.15) is 0 Å². The number of hydrogen-bond donors (Lipinski definition) is 2. The van der Waals surface area contributed by atoms with Crippen molar-refractivity contribution >= 4 is 17.3 Å². The van der Waals surface area contributed by atoms with Gasteiger partial charge in [0, 0.05) is 11.4 Å². The Morgan fingerprint density at radius 1 is 1.11 bits per heavy atom. The van der Waals surface area contributed by atoms with E-state index in [1.807, 2.05) is 62.4 Å². The van der Waals surface area contributed by atoms with E-state index >= 15 is 0 Å². The molecule has 19 heavy (non-hydrogen) atoms. The fraction of sp³-hybridized carbons (Fsp3) is 0.188. The first kappa shape index (κ1) is 13.1. The van der Waals surface area contributed by atoms with Crippen molar-refractivity contribution in [3.05, 3.63) is 59.7 Å². The van der Waals surface area contributed by atoms with Gasteiger partial charge in [0.1, 0.15) is 0 Å². The third-order valence-electron chi connectivity index (χ3n) is 3.33. The van der Waals surface area contributed by atoms with Gasteiger partial charge in [0.2, 0.25) is 5.91 Å². The number of hydrogen-bond acceptors (Lipinski definition) is 2. The maximum atomic E-state index is 12.2. The van der Waals surface area contributed by atoms with Crippen molar-refractivity contribution in [3.8, 4) is 0 Å². The molecule has 0 bridgehead atoms. The summed E-state index contributed by atoms with van der Waals surface area (Å²) in [6.07, 6.45) is 0. The largest absolute Gasteiger partial charge is 0.398 e. The highest BCUT2D eigenvalue weighted by molar-refractivity contribution is 5.96. The van der Waals surface area contributed by atoms with Crippen LogP contribution in [0.4, 0.5) is 11.4 Å². The maximum absolute atomic E-state index is 12.2. The van der Waals surface area contributed by atoms with Gasteiger partial charge in [-0.1, -0.05) is 36.4 Å². The normalized spacial score (nSPS) is 11.9. The van der Waals surface area contributed by atoms with Crippen LogP contribution in [-0.4, -0.2) is 5.91 Å². The number of carbonyl (C=O) groups excluding carboxylic acids is 1. The average molecular weight is 254 g/mol. The second kappa shape index (κ2) is 5.57. The van der Waals surface area contributed by atoms with Crippen molar-refractivity contribution in [2.24, 2.45) is 0 Å². The molecule has 2 rings (SSSR count). The summed E-state index contributed by atoms with van der Waals surface area (Å²) in [6.45, 7) is 3.80. The zero-order valence-electron chi connectivity index (χ0n) is 11.2. The average Bonchev–Trinajstić information content (AvgIpc) is 2.44. The van der Waals surface area contributed by atoms with Crippen LogP contribution in [0.3, 0.4) is 0 Å². The number of carbonyl (C=O) groups is 1. The molecule has 0 fully saturated rings. The molecule has 1 atom stereocenters. The van der Waals surface area contributed by atoms with Gasteiger partial charge >= 0.3 is 0 Å². The van der Waals surface area contributed by atoms with Crippen LogP contribution in [0.15, 0.2) is 48.5 Å². The second-order valence-electron chi connectivity index (χ2n) is 4.64. The third-order valence-corrected chi connectivity index (χ3v) is 3.33. The van der Waals surface area contributed by atoms with E-state index in [1.165, 1.54) is 0 Å². The van der Waals surface area contributed by atoms with E-state index in [0.717, 1.165) is 16.8 Å². The minimum atomic E-state index is -0.193. The number of nitrogens with one attached hydrogen (secondary N) is 1. The highest BCUT2D eigenvalue weighted by Gasteiger charge is 2.15. The summed E-state index contributed by atoms with van der Waals surface area (Å²) in [6, 6.07) is 15.2. The fourth-order valence-corrected chi connectivity index (χ4v) is 1.92. The molecule has 1 unspecified atom stereocenters. The number of rotatable bonds is 3. The van der Waals surface area contributed by atoms with Gasteiger partial charge in [-0.3, -0.25) is 4.79 Å². The van der Waals surface area contributed by atoms with Gasteiger partial charge in [-0.15, -0.1) is 0 Å². The Bertz CT molecular complexity index is 579. The van der Waals surface area contributed by atoms with Gasteiger partial charge < -0.3 is 11.1 Å². The number of anilines is 2. The van der Waals surface area contributed by atoms with Crippen molar-refractivity contribution in [2.75, 3.05) is 11.1 Å². The van der Waals surface area contributed by atoms with Crippen LogP contribution in [0.1, 0.15) is 24.0 Å². The predicted octanol–water partition coefficient (Wildman–Crippen LogP) is 3.32. The van der Waals surface area contributed by atoms with Crippen molar-refractivity contribution in [2.45, 2.75) is 19.8 Å². The van der Waals surface area contributed by atoms with Crippen LogP contribution in [-0.2, 0) is 4.79 Å². The first-order valence-electron chi connectivity index (χ1n) is 6.30. The van der Waals surface area contributed by atoms with Crippen LogP contribution in [0.2, 0.25) is 0 Å². The Hall–Kier alpha value is -2.29. The van der Waals surface area contributed by atoms with Crippen molar-refractivity contribution in [1.29, 1.82) is 0 Å². The molecule has 0 spiro atoms. The highest BCUT2D eigenvalue weighted by Crippen LogP contribution is 2.23. The topological polar surface area (TPSA) is 55.1 Å². The number of nitrogens with two attached hydrogens (primary N) is 1. The molecule has 0 aliphatic heterocycles. The van der Waals surface area contributed by atoms with E-state index < -0.39 is 0 Å². The summed E-state index contributed by atoms with van der Waals surface area (Å²) in [5.74, 6) is -0.220. The second-order valence-corrected chi connectivity index (χ2v) is 4.64. The van der Waals surface area contributed by atoms with E-state index in [1.54, 1.807) is 0 Å². The molecular formula is C16H18N2O. The molecule has 0 heterocycles. The number of benzene rings is 2. The lowest BCUT2D eigenvalue weighted by atomic mass is 10.00. The molecule has 2 aromatic carbocycles. The van der Waals surface area contributed by atoms with Crippen molar-refractivity contribution in [3.63, 3.8) is 0 Å². The van der Waals surface area contributed by atoms with Gasteiger partial charge in [0.25, 0.3) is 0 Å². The number of nitrogen functional groups attached to an aromatic ring is 1. The molecule has 0 saturated carbocycles. The Morgan fingerprint density at radius 3 is 2.47 bits per heavy atom. The molecule has 3 heteroatoms. The lowest BCUT2D eigenvalue weighted by Crippen LogP contribution is -2.19. The molecule has 0 aliphatic carbocycles. The van der Waals surface area contributed by atoms with Crippen molar-refractivity contribution in [1.82, 2.24) is 0 Å². The van der Waals surface area contributed by atoms with E-state index in [0.29, 0.717) is 5.69 Å². The smallest absolute Gasteiger partial charge is 0.231 e. The minimum Gasteiger partial charge on any atom is -0.398 e. The zero-order valence-corrected chi connectivity index (χ0v) is 11.2. The quantitative estimate of drug-likeness (QED) is 0.825. The Balaban J connectivity index is 2.15. The first-order chi connectivity index (χ1) is 9.09. The minimum absolute atomic E-state index is 0.0279. The summed E-state index contributed by atoms with van der Waals surface area (Å²) >= 11 is 0. The summed E-state index contributed by atoms with van der Waals surface area (Å²) in [5.41, 5.74) is 9.19. The summed E-state index contributed by atoms with van der Waals surface area (Å²) in [7, 11) is 0. The van der Waals surface area contributed by atoms with Gasteiger partial charge in [0.15, 0.2) is 0 Å². The molecule has 2 aromatic rings. The highest BCUT2D eigenvalue weighted by atomic mass is 16.1. The van der Waals surface area contributed by atoms with Gasteiger partial charge in [-0.25, -0.2) is 0 Å². The molecule has 3 nitrogen and oxygen atoms in total. The van der Waals surface area contributed by atoms with E-state index in [9.17, 15) is 4.79 Å². The summed E-state index contributed by atoms with van der Waals surface area (Å²) in [5, 5.41) is 2.93. The third kappa shape index (κ3) is 2.94. The predicted molar refractivity (Wildman–Crippen MR) is 79.1 cm³/mol. The SMILES string of the molecule is Cc1c(N)cccc1NC(=O)C(C)c1ccccc1. The summed E-state index contributed by atoms with van der Waals surface area (Å²) < 4.78 is 0. The van der Waals surface area contributed by atoms with Crippen LogP contribution in [0.25, 0.3) is 0 Å². The molecular weight excluding hydrogens is 236 g/mol. The standard InChI is InChI=1S/C16H18N2O/c1-11(13-7-4-3-5-8-13)16(19)18-15-10-6-9-14(17)12(15)2/h3-11H,17H2,1-2H3,(H,18,19). The Morgan fingerprint density at radius 2 is 1.79 bits per heavy atom. The lowest BCUT2D eigenvalue weighted by molar-refractivity contribution is -0.117. The molecule has 0 aromatic heterocycles. The van der Waals surface area contributed by atoms with E-state index in [4.69, 9.17) is 5.73 Å². The molecule has 98 valence electrons. The van der Waals surface area contributed by atoms with Crippen molar-refractivity contribution < 1.29 is 4.79 Å². The molecule has 0 saturated heterocycles. The van der Waals surface area contributed by atoms with Gasteiger partial charge in [0.05, 0.1) is 5.92 Å². The maximum Gasteiger partial charge on any atom is 0.231 e. The lowest BCUT2D eigenvalue weighted by Gasteiger charge is -2.14. The zero-order chi connectivity index (χ0) is 13.8. The Labute approximate surface area is 113 Å². The summed E-state index contributed by atoms with van der Waals surface area (Å²) in [4.78, 5) is 12.2. The monoisotopic (exact) mass is 254 g/mol.